The smallest absolute Gasteiger partial charge is 0.300 e. The molecule has 1 saturated heterocycles. The molecule has 0 spiro atoms. The molecule has 1 aliphatic rings. The molecule has 0 aromatic heterocycles. The molecular weight excluding hydrogens is 418 g/mol. The number of aliphatic hydroxyl groups excluding tert-OH is 1. The summed E-state index contributed by atoms with van der Waals surface area (Å²) in [4.78, 5) is 28.0. The Labute approximate surface area is 192 Å². The first kappa shape index (κ1) is 22.1. The van der Waals surface area contributed by atoms with Crippen LogP contribution in [0.25, 0.3) is 5.76 Å². The maximum absolute atomic E-state index is 13.3. The third-order valence-electron chi connectivity index (χ3n) is 5.68. The van der Waals surface area contributed by atoms with Crippen LogP contribution in [0.4, 0.5) is 5.69 Å². The van der Waals surface area contributed by atoms with Crippen molar-refractivity contribution >= 4 is 23.1 Å². The molecule has 1 unspecified atom stereocenters. The van der Waals surface area contributed by atoms with E-state index in [4.69, 9.17) is 9.47 Å². The SMILES string of the molecule is CCOc1cccc(/C(O)=C2\C(=O)C(=O)N(c3cccc(OC)c3)C2c2ccccc2C)c1. The van der Waals surface area contributed by atoms with E-state index < -0.39 is 17.7 Å². The zero-order chi connectivity index (χ0) is 23.5. The Morgan fingerprint density at radius 2 is 1.70 bits per heavy atom. The van der Waals surface area contributed by atoms with Crippen molar-refractivity contribution in [2.75, 3.05) is 18.6 Å². The van der Waals surface area contributed by atoms with E-state index in [0.717, 1.165) is 11.1 Å². The lowest BCUT2D eigenvalue weighted by Crippen LogP contribution is -2.29. The van der Waals surface area contributed by atoms with Gasteiger partial charge in [-0.05, 0) is 49.2 Å². The summed E-state index contributed by atoms with van der Waals surface area (Å²) in [6, 6.07) is 20.5. The van der Waals surface area contributed by atoms with E-state index in [9.17, 15) is 14.7 Å². The van der Waals surface area contributed by atoms with E-state index in [-0.39, 0.29) is 11.3 Å². The number of anilines is 1. The fourth-order valence-electron chi connectivity index (χ4n) is 4.10. The van der Waals surface area contributed by atoms with Gasteiger partial charge >= 0.3 is 0 Å². The lowest BCUT2D eigenvalue weighted by Gasteiger charge is -2.27. The van der Waals surface area contributed by atoms with Crippen LogP contribution in [0, 0.1) is 6.92 Å². The molecule has 0 radical (unpaired) electrons. The van der Waals surface area contributed by atoms with Crippen molar-refractivity contribution in [2.45, 2.75) is 19.9 Å². The van der Waals surface area contributed by atoms with Gasteiger partial charge in [-0.1, -0.05) is 42.5 Å². The van der Waals surface area contributed by atoms with Crippen LogP contribution in [-0.4, -0.2) is 30.5 Å². The van der Waals surface area contributed by atoms with E-state index in [0.29, 0.717) is 29.4 Å². The molecule has 168 valence electrons. The molecule has 1 aliphatic heterocycles. The highest BCUT2D eigenvalue weighted by Gasteiger charge is 2.47. The molecule has 1 fully saturated rings. The maximum Gasteiger partial charge on any atom is 0.300 e. The van der Waals surface area contributed by atoms with Crippen molar-refractivity contribution in [1.29, 1.82) is 0 Å². The fourth-order valence-corrected chi connectivity index (χ4v) is 4.10. The van der Waals surface area contributed by atoms with Crippen LogP contribution in [-0.2, 0) is 9.59 Å². The third kappa shape index (κ3) is 4.07. The van der Waals surface area contributed by atoms with Crippen LogP contribution < -0.4 is 14.4 Å². The van der Waals surface area contributed by atoms with Gasteiger partial charge in [0.15, 0.2) is 0 Å². The molecule has 6 heteroatoms. The van der Waals surface area contributed by atoms with Gasteiger partial charge in [-0.2, -0.15) is 0 Å². The number of hydrogen-bond acceptors (Lipinski definition) is 5. The standard InChI is InChI=1S/C27H25NO5/c1-4-33-21-13-7-10-18(15-21)25(29)23-24(22-14-6-5-9-17(22)2)28(27(31)26(23)30)19-11-8-12-20(16-19)32-3/h5-16,24,29H,4H2,1-3H3/b25-23+. The van der Waals surface area contributed by atoms with Crippen molar-refractivity contribution in [3.63, 3.8) is 0 Å². The Bertz CT molecular complexity index is 1250. The van der Waals surface area contributed by atoms with Gasteiger partial charge in [0.1, 0.15) is 17.3 Å². The van der Waals surface area contributed by atoms with Crippen LogP contribution in [0.5, 0.6) is 11.5 Å². The van der Waals surface area contributed by atoms with E-state index in [1.807, 2.05) is 38.1 Å². The van der Waals surface area contributed by atoms with Gasteiger partial charge in [0.25, 0.3) is 11.7 Å². The van der Waals surface area contributed by atoms with Gasteiger partial charge in [-0.15, -0.1) is 0 Å². The zero-order valence-electron chi connectivity index (χ0n) is 18.7. The number of carbonyl (C=O) groups excluding carboxylic acids is 2. The number of aliphatic hydroxyl groups is 1. The van der Waals surface area contributed by atoms with Gasteiger partial charge in [0.05, 0.1) is 25.3 Å². The minimum absolute atomic E-state index is 0.0331. The van der Waals surface area contributed by atoms with E-state index in [2.05, 4.69) is 0 Å². The average Bonchev–Trinajstić information content (AvgIpc) is 3.09. The molecule has 3 aromatic carbocycles. The Balaban J connectivity index is 1.94. The van der Waals surface area contributed by atoms with Gasteiger partial charge in [-0.3, -0.25) is 14.5 Å². The van der Waals surface area contributed by atoms with Crippen LogP contribution in [0.2, 0.25) is 0 Å². The molecule has 1 heterocycles. The highest BCUT2D eigenvalue weighted by molar-refractivity contribution is 6.51. The molecule has 1 N–H and O–H groups in total. The molecule has 3 aromatic rings. The maximum atomic E-state index is 13.3. The molecule has 1 atom stereocenters. The third-order valence-corrected chi connectivity index (χ3v) is 5.68. The molecular formula is C27H25NO5. The van der Waals surface area contributed by atoms with E-state index in [1.165, 1.54) is 12.0 Å². The predicted octanol–water partition coefficient (Wildman–Crippen LogP) is 5.03. The summed E-state index contributed by atoms with van der Waals surface area (Å²) in [7, 11) is 1.54. The molecule has 0 saturated carbocycles. The Hall–Kier alpha value is -4.06. The highest BCUT2D eigenvalue weighted by Crippen LogP contribution is 2.43. The summed E-state index contributed by atoms with van der Waals surface area (Å²) in [5.41, 5.74) is 2.59. The minimum atomic E-state index is -0.797. The number of benzene rings is 3. The monoisotopic (exact) mass is 443 g/mol. The first-order valence-corrected chi connectivity index (χ1v) is 10.7. The largest absolute Gasteiger partial charge is 0.507 e. The lowest BCUT2D eigenvalue weighted by atomic mass is 9.92. The Kier molecular flexibility index (Phi) is 6.18. The number of ketones is 1. The molecule has 0 bridgehead atoms. The molecule has 1 amide bonds. The van der Waals surface area contributed by atoms with Crippen molar-refractivity contribution < 1.29 is 24.2 Å². The van der Waals surface area contributed by atoms with E-state index >= 15 is 0 Å². The number of methoxy groups -OCH3 is 1. The second-order valence-electron chi connectivity index (χ2n) is 7.69. The summed E-state index contributed by atoms with van der Waals surface area (Å²) in [5, 5.41) is 11.3. The van der Waals surface area contributed by atoms with Crippen LogP contribution in [0.1, 0.15) is 29.7 Å². The van der Waals surface area contributed by atoms with Crippen molar-refractivity contribution in [2.24, 2.45) is 0 Å². The minimum Gasteiger partial charge on any atom is -0.507 e. The van der Waals surface area contributed by atoms with Crippen LogP contribution in [0.15, 0.2) is 78.4 Å². The molecule has 0 aliphatic carbocycles. The summed E-state index contributed by atoms with van der Waals surface area (Å²) in [6.45, 7) is 4.24. The summed E-state index contributed by atoms with van der Waals surface area (Å²) in [5.74, 6) is -0.573. The first-order valence-electron chi connectivity index (χ1n) is 10.7. The Morgan fingerprint density at radius 1 is 0.970 bits per heavy atom. The highest BCUT2D eigenvalue weighted by atomic mass is 16.5. The van der Waals surface area contributed by atoms with Crippen molar-refractivity contribution in [3.8, 4) is 11.5 Å². The first-order chi connectivity index (χ1) is 16.0. The molecule has 4 rings (SSSR count). The second-order valence-corrected chi connectivity index (χ2v) is 7.69. The predicted molar refractivity (Wildman–Crippen MR) is 127 cm³/mol. The second kappa shape index (κ2) is 9.20. The van der Waals surface area contributed by atoms with Crippen molar-refractivity contribution in [1.82, 2.24) is 0 Å². The number of amides is 1. The summed E-state index contributed by atoms with van der Waals surface area (Å²) < 4.78 is 10.9. The van der Waals surface area contributed by atoms with Gasteiger partial charge in [0, 0.05) is 17.3 Å². The summed E-state index contributed by atoms with van der Waals surface area (Å²) in [6.07, 6.45) is 0. The number of ether oxygens (including phenoxy) is 2. The summed E-state index contributed by atoms with van der Waals surface area (Å²) >= 11 is 0. The van der Waals surface area contributed by atoms with Gasteiger partial charge in [-0.25, -0.2) is 0 Å². The fraction of sp³-hybridized carbons (Fsp3) is 0.185. The van der Waals surface area contributed by atoms with Crippen molar-refractivity contribution in [3.05, 3.63) is 95.1 Å². The lowest BCUT2D eigenvalue weighted by molar-refractivity contribution is -0.132. The van der Waals surface area contributed by atoms with Gasteiger partial charge in [0.2, 0.25) is 0 Å². The number of carbonyl (C=O) groups is 2. The van der Waals surface area contributed by atoms with Gasteiger partial charge < -0.3 is 14.6 Å². The quantitative estimate of drug-likeness (QED) is 0.329. The normalized spacial score (nSPS) is 17.3. The molecule has 33 heavy (non-hydrogen) atoms. The number of rotatable bonds is 6. The zero-order valence-corrected chi connectivity index (χ0v) is 18.7. The van der Waals surface area contributed by atoms with E-state index in [1.54, 1.807) is 48.5 Å². The van der Waals surface area contributed by atoms with Crippen LogP contribution in [0.3, 0.4) is 0 Å². The Morgan fingerprint density at radius 3 is 2.42 bits per heavy atom. The number of hydrogen-bond donors (Lipinski definition) is 1. The average molecular weight is 443 g/mol. The van der Waals surface area contributed by atoms with Crippen LogP contribution >= 0.6 is 0 Å². The topological polar surface area (TPSA) is 76.1 Å². The molecule has 6 nitrogen and oxygen atoms in total. The number of nitrogens with zero attached hydrogens (tertiary/aromatic N) is 1. The number of aryl methyl sites for hydroxylation is 1. The number of Topliss-reactive ketones (excluding diaryl/α,β-unsaturated/α-hetero) is 1.